The fourth-order valence-corrected chi connectivity index (χ4v) is 2.82. The lowest BCUT2D eigenvalue weighted by atomic mass is 10.1. The zero-order valence-corrected chi connectivity index (χ0v) is 13.9. The van der Waals surface area contributed by atoms with Crippen molar-refractivity contribution in [1.29, 1.82) is 0 Å². The number of hydroxylamine groups is 1. The highest BCUT2D eigenvalue weighted by Crippen LogP contribution is 2.25. The minimum atomic E-state index is -0.451. The Balaban J connectivity index is 1.34. The number of anilines is 1. The lowest BCUT2D eigenvalue weighted by molar-refractivity contribution is -0.119. The molecule has 0 radical (unpaired) electrons. The molecule has 1 aliphatic rings. The number of rotatable bonds is 5. The quantitative estimate of drug-likeness (QED) is 0.727. The summed E-state index contributed by atoms with van der Waals surface area (Å²) in [7, 11) is 0. The van der Waals surface area contributed by atoms with E-state index in [4.69, 9.17) is 4.84 Å². The predicted octanol–water partition coefficient (Wildman–Crippen LogP) is 1.69. The van der Waals surface area contributed by atoms with E-state index >= 15 is 0 Å². The van der Waals surface area contributed by atoms with Crippen molar-refractivity contribution in [2.75, 3.05) is 5.32 Å². The summed E-state index contributed by atoms with van der Waals surface area (Å²) >= 11 is 0. The summed E-state index contributed by atoms with van der Waals surface area (Å²) in [6.45, 7) is 0.650. The van der Waals surface area contributed by atoms with Crippen LogP contribution >= 0.6 is 0 Å². The topological polar surface area (TPSA) is 94.0 Å². The molecule has 8 nitrogen and oxygen atoms in total. The van der Waals surface area contributed by atoms with Gasteiger partial charge < -0.3 is 5.32 Å². The first-order valence-electron chi connectivity index (χ1n) is 8.32. The van der Waals surface area contributed by atoms with Crippen LogP contribution in [0.1, 0.15) is 23.8 Å². The third-order valence-corrected chi connectivity index (χ3v) is 4.14. The Morgan fingerprint density at radius 3 is 3.00 bits per heavy atom. The molecule has 8 heteroatoms. The molecule has 3 aromatic rings. The third kappa shape index (κ3) is 3.76. The Bertz CT molecular complexity index is 868. The van der Waals surface area contributed by atoms with Gasteiger partial charge in [-0.2, -0.15) is 10.6 Å². The number of nitrogens with zero attached hydrogens (tertiary/aromatic N) is 4. The molecule has 3 heterocycles. The number of carbonyl (C=O) groups excluding carboxylic acids is 1. The van der Waals surface area contributed by atoms with Crippen LogP contribution in [0.15, 0.2) is 61.3 Å². The van der Waals surface area contributed by atoms with E-state index < -0.39 is 6.04 Å². The van der Waals surface area contributed by atoms with E-state index in [0.717, 1.165) is 11.3 Å². The molecule has 0 aliphatic carbocycles. The van der Waals surface area contributed by atoms with E-state index in [0.29, 0.717) is 18.7 Å². The van der Waals surface area contributed by atoms with Crippen molar-refractivity contribution in [2.24, 2.45) is 0 Å². The molecule has 1 aliphatic heterocycles. The van der Waals surface area contributed by atoms with Crippen molar-refractivity contribution in [2.45, 2.75) is 25.1 Å². The molecule has 1 saturated heterocycles. The van der Waals surface area contributed by atoms with Gasteiger partial charge in [-0.25, -0.2) is 9.97 Å². The van der Waals surface area contributed by atoms with E-state index in [1.54, 1.807) is 23.1 Å². The lowest BCUT2D eigenvalue weighted by Gasteiger charge is -2.07. The number of amides is 1. The minimum absolute atomic E-state index is 0.166. The van der Waals surface area contributed by atoms with Crippen LogP contribution in [-0.4, -0.2) is 31.7 Å². The molecule has 2 atom stereocenters. The van der Waals surface area contributed by atoms with Crippen molar-refractivity contribution in [3.05, 3.63) is 72.6 Å². The number of benzene rings is 1. The Morgan fingerprint density at radius 2 is 2.19 bits per heavy atom. The monoisotopic (exact) mass is 350 g/mol. The highest BCUT2D eigenvalue weighted by Gasteiger charge is 2.32. The summed E-state index contributed by atoms with van der Waals surface area (Å²) in [4.78, 5) is 26.0. The summed E-state index contributed by atoms with van der Waals surface area (Å²) in [5.41, 5.74) is 5.32. The fraction of sp³-hybridized carbons (Fsp3) is 0.222. The smallest absolute Gasteiger partial charge is 0.244 e. The molecule has 1 fully saturated rings. The predicted molar refractivity (Wildman–Crippen MR) is 93.8 cm³/mol. The third-order valence-electron chi connectivity index (χ3n) is 4.14. The van der Waals surface area contributed by atoms with Crippen molar-refractivity contribution in [3.8, 4) is 0 Å². The van der Waals surface area contributed by atoms with Gasteiger partial charge in [0.1, 0.15) is 18.5 Å². The summed E-state index contributed by atoms with van der Waals surface area (Å²) < 4.78 is 1.78. The highest BCUT2D eigenvalue weighted by atomic mass is 16.7. The van der Waals surface area contributed by atoms with E-state index in [2.05, 4.69) is 25.9 Å². The van der Waals surface area contributed by atoms with Crippen molar-refractivity contribution < 1.29 is 9.63 Å². The second kappa shape index (κ2) is 7.42. The molecule has 26 heavy (non-hydrogen) atoms. The second-order valence-corrected chi connectivity index (χ2v) is 6.05. The van der Waals surface area contributed by atoms with Gasteiger partial charge in [-0.3, -0.25) is 14.3 Å². The van der Waals surface area contributed by atoms with E-state index in [9.17, 15) is 4.79 Å². The minimum Gasteiger partial charge on any atom is -0.322 e. The van der Waals surface area contributed by atoms with Crippen LogP contribution in [0.4, 0.5) is 5.69 Å². The van der Waals surface area contributed by atoms with Crippen LogP contribution in [0.5, 0.6) is 0 Å². The van der Waals surface area contributed by atoms with Crippen LogP contribution in [0.3, 0.4) is 0 Å². The summed E-state index contributed by atoms with van der Waals surface area (Å²) in [6, 6.07) is 11.3. The second-order valence-electron chi connectivity index (χ2n) is 6.05. The Labute approximate surface area is 150 Å². The normalized spacial score (nSPS) is 19.4. The molecule has 2 unspecified atom stereocenters. The first kappa shape index (κ1) is 16.4. The van der Waals surface area contributed by atoms with Crippen LogP contribution in [0.2, 0.25) is 0 Å². The van der Waals surface area contributed by atoms with Gasteiger partial charge in [0.2, 0.25) is 5.91 Å². The lowest BCUT2D eigenvalue weighted by Crippen LogP contribution is -2.34. The maximum atomic E-state index is 12.4. The average molecular weight is 350 g/mol. The van der Waals surface area contributed by atoms with Gasteiger partial charge in [-0.15, -0.1) is 0 Å². The zero-order valence-electron chi connectivity index (χ0n) is 13.9. The maximum absolute atomic E-state index is 12.4. The standard InChI is InChI=1S/C18H18N6O2/c25-18(16-8-17(26-23-16)15-6-7-19-12-20-15)22-14-9-21-24(11-14)10-13-4-2-1-3-5-13/h1-7,9,11-12,16-17,23H,8,10H2,(H,22,25). The average Bonchev–Trinajstić information content (AvgIpc) is 3.33. The number of hydrogen-bond acceptors (Lipinski definition) is 6. The van der Waals surface area contributed by atoms with E-state index in [1.165, 1.54) is 6.33 Å². The molecule has 1 amide bonds. The summed E-state index contributed by atoms with van der Waals surface area (Å²) in [5.74, 6) is -0.166. The van der Waals surface area contributed by atoms with Crippen molar-refractivity contribution in [1.82, 2.24) is 25.2 Å². The maximum Gasteiger partial charge on any atom is 0.244 e. The van der Waals surface area contributed by atoms with E-state index in [-0.39, 0.29) is 12.0 Å². The van der Waals surface area contributed by atoms with Gasteiger partial charge in [-0.1, -0.05) is 30.3 Å². The fourth-order valence-electron chi connectivity index (χ4n) is 2.82. The van der Waals surface area contributed by atoms with Gasteiger partial charge in [0.25, 0.3) is 0 Å². The number of nitrogens with one attached hydrogen (secondary N) is 2. The van der Waals surface area contributed by atoms with Crippen molar-refractivity contribution >= 4 is 11.6 Å². The summed E-state index contributed by atoms with van der Waals surface area (Å²) in [6.07, 6.45) is 6.80. The zero-order chi connectivity index (χ0) is 17.8. The Kier molecular flexibility index (Phi) is 4.67. The van der Waals surface area contributed by atoms with Crippen LogP contribution in [0, 0.1) is 0 Å². The molecule has 0 bridgehead atoms. The van der Waals surface area contributed by atoms with Gasteiger partial charge in [-0.05, 0) is 11.6 Å². The molecule has 2 N–H and O–H groups in total. The number of carbonyl (C=O) groups is 1. The molecular formula is C18H18N6O2. The number of aromatic nitrogens is 4. The van der Waals surface area contributed by atoms with Crippen molar-refractivity contribution in [3.63, 3.8) is 0 Å². The van der Waals surface area contributed by atoms with Gasteiger partial charge in [0, 0.05) is 18.8 Å². The van der Waals surface area contributed by atoms with E-state index in [1.807, 2.05) is 36.5 Å². The molecule has 0 saturated carbocycles. The molecule has 4 rings (SSSR count). The Morgan fingerprint density at radius 1 is 1.31 bits per heavy atom. The highest BCUT2D eigenvalue weighted by molar-refractivity contribution is 5.94. The number of hydrogen-bond donors (Lipinski definition) is 2. The molecule has 132 valence electrons. The SMILES string of the molecule is O=C(Nc1cnn(Cc2ccccc2)c1)C1CC(c2ccncn2)ON1. The van der Waals surface area contributed by atoms with Crippen LogP contribution in [0.25, 0.3) is 0 Å². The van der Waals surface area contributed by atoms with Crippen LogP contribution < -0.4 is 10.8 Å². The largest absolute Gasteiger partial charge is 0.322 e. The first-order chi connectivity index (χ1) is 12.8. The molecular weight excluding hydrogens is 332 g/mol. The molecule has 1 aromatic carbocycles. The van der Waals surface area contributed by atoms with Crippen LogP contribution in [-0.2, 0) is 16.2 Å². The van der Waals surface area contributed by atoms with Gasteiger partial charge in [0.15, 0.2) is 0 Å². The van der Waals surface area contributed by atoms with Gasteiger partial charge >= 0.3 is 0 Å². The summed E-state index contributed by atoms with van der Waals surface area (Å²) in [5, 5.41) is 7.15. The molecule has 0 spiro atoms. The molecule has 2 aromatic heterocycles. The Hall–Kier alpha value is -3.10. The first-order valence-corrected chi connectivity index (χ1v) is 8.32. The van der Waals surface area contributed by atoms with Gasteiger partial charge in [0.05, 0.1) is 24.1 Å².